The second kappa shape index (κ2) is 5.87. The first-order valence-corrected chi connectivity index (χ1v) is 7.17. The molecule has 6 nitrogen and oxygen atoms in total. The minimum atomic E-state index is -0.987. The number of ether oxygens (including phenoxy) is 1. The van der Waals surface area contributed by atoms with Crippen LogP contribution in [0.2, 0.25) is 0 Å². The van der Waals surface area contributed by atoms with E-state index in [-0.39, 0.29) is 5.57 Å². The fourth-order valence-corrected chi connectivity index (χ4v) is 3.21. The monoisotopic (exact) mass is 305 g/mol. The molecule has 1 heterocycles. The summed E-state index contributed by atoms with van der Waals surface area (Å²) in [5, 5.41) is 11.1. The van der Waals surface area contributed by atoms with E-state index in [9.17, 15) is 14.4 Å². The minimum absolute atomic E-state index is 0.134. The van der Waals surface area contributed by atoms with Gasteiger partial charge in [0.15, 0.2) is 4.58 Å². The summed E-state index contributed by atoms with van der Waals surface area (Å²) in [6.07, 6.45) is 0. The van der Waals surface area contributed by atoms with Gasteiger partial charge in [-0.25, -0.2) is 4.79 Å². The van der Waals surface area contributed by atoms with Crippen molar-refractivity contribution in [2.45, 2.75) is 31.0 Å². The molecule has 0 unspecified atom stereocenters. The summed E-state index contributed by atoms with van der Waals surface area (Å²) in [4.78, 5) is 34.4. The van der Waals surface area contributed by atoms with E-state index in [4.69, 9.17) is 9.84 Å². The molecule has 106 valence electrons. The van der Waals surface area contributed by atoms with Crippen molar-refractivity contribution in [1.29, 1.82) is 0 Å². The van der Waals surface area contributed by atoms with Gasteiger partial charge in [0.25, 0.3) is 5.91 Å². The van der Waals surface area contributed by atoms with Crippen LogP contribution in [-0.4, -0.2) is 40.2 Å². The molecule has 0 atom stereocenters. The van der Waals surface area contributed by atoms with Gasteiger partial charge in [-0.05, 0) is 20.8 Å². The van der Waals surface area contributed by atoms with Crippen LogP contribution < -0.4 is 5.32 Å². The van der Waals surface area contributed by atoms with Crippen molar-refractivity contribution < 1.29 is 24.2 Å². The summed E-state index contributed by atoms with van der Waals surface area (Å²) in [5.41, 5.74) is -0.854. The van der Waals surface area contributed by atoms with Crippen LogP contribution in [0.1, 0.15) is 20.8 Å². The molecule has 1 fully saturated rings. The molecule has 8 heteroatoms. The number of rotatable bonds is 3. The van der Waals surface area contributed by atoms with E-state index in [1.54, 1.807) is 20.8 Å². The summed E-state index contributed by atoms with van der Waals surface area (Å²) in [7, 11) is 1.40. The van der Waals surface area contributed by atoms with Crippen LogP contribution >= 0.6 is 23.5 Å². The number of hydrogen-bond donors (Lipinski definition) is 2. The first-order valence-electron chi connectivity index (χ1n) is 5.41. The van der Waals surface area contributed by atoms with Crippen LogP contribution in [0, 0.1) is 0 Å². The van der Waals surface area contributed by atoms with E-state index in [0.29, 0.717) is 4.24 Å². The quantitative estimate of drug-likeness (QED) is 0.350. The van der Waals surface area contributed by atoms with Crippen molar-refractivity contribution in [3.8, 4) is 0 Å². The first kappa shape index (κ1) is 15.9. The number of esters is 1. The SMILES string of the molecule is CNC(=O)C(C(=O)OC(C)(C)C)=C1SC(C(=O)O)S1. The molecule has 19 heavy (non-hydrogen) atoms. The average molecular weight is 305 g/mol. The summed E-state index contributed by atoms with van der Waals surface area (Å²) >= 11 is 1.94. The van der Waals surface area contributed by atoms with Gasteiger partial charge in [-0.1, -0.05) is 23.5 Å². The number of carboxylic acids is 1. The van der Waals surface area contributed by atoms with Crippen molar-refractivity contribution in [2.75, 3.05) is 7.05 Å². The van der Waals surface area contributed by atoms with E-state index >= 15 is 0 Å². The maximum atomic E-state index is 12.0. The topological polar surface area (TPSA) is 92.7 Å². The highest BCUT2D eigenvalue weighted by Gasteiger charge is 2.39. The van der Waals surface area contributed by atoms with Crippen LogP contribution in [-0.2, 0) is 19.1 Å². The van der Waals surface area contributed by atoms with E-state index in [1.165, 1.54) is 7.05 Å². The van der Waals surface area contributed by atoms with E-state index in [0.717, 1.165) is 23.5 Å². The largest absolute Gasteiger partial charge is 0.480 e. The smallest absolute Gasteiger partial charge is 0.345 e. The molecule has 1 rings (SSSR count). The normalized spacial score (nSPS) is 18.3. The molecule has 2 N–H and O–H groups in total. The van der Waals surface area contributed by atoms with Crippen molar-refractivity contribution in [2.24, 2.45) is 0 Å². The van der Waals surface area contributed by atoms with Crippen molar-refractivity contribution in [1.82, 2.24) is 5.32 Å². The summed E-state index contributed by atoms with van der Waals surface area (Å²) in [6.45, 7) is 5.08. The molecule has 0 bridgehead atoms. The Morgan fingerprint density at radius 2 is 1.79 bits per heavy atom. The number of thioether (sulfide) groups is 2. The standard InChI is InChI=1S/C11H15NO5S2/c1-11(2,3)17-8(16)5(6(13)12-4)9-18-10(19-9)7(14)15/h10H,1-4H3,(H,12,13)(H,14,15). The molecule has 0 spiro atoms. The number of nitrogens with one attached hydrogen (secondary N) is 1. The molecular formula is C11H15NO5S2. The Bertz CT molecular complexity index is 444. The summed E-state index contributed by atoms with van der Waals surface area (Å²) in [5.74, 6) is -2.31. The van der Waals surface area contributed by atoms with Gasteiger partial charge < -0.3 is 15.2 Å². The highest BCUT2D eigenvalue weighted by atomic mass is 32.3. The lowest BCUT2D eigenvalue weighted by molar-refractivity contribution is -0.151. The molecule has 0 aromatic carbocycles. The zero-order chi connectivity index (χ0) is 14.8. The van der Waals surface area contributed by atoms with Crippen LogP contribution in [0.5, 0.6) is 0 Å². The lowest BCUT2D eigenvalue weighted by Crippen LogP contribution is -2.33. The summed E-state index contributed by atoms with van der Waals surface area (Å²) in [6, 6.07) is 0. The number of aliphatic carboxylic acids is 1. The molecular weight excluding hydrogens is 290 g/mol. The lowest BCUT2D eigenvalue weighted by atomic mass is 10.2. The first-order chi connectivity index (χ1) is 8.65. The van der Waals surface area contributed by atoms with Crippen LogP contribution in [0.3, 0.4) is 0 Å². The van der Waals surface area contributed by atoms with Gasteiger partial charge in [0, 0.05) is 7.05 Å². The second-order valence-corrected chi connectivity index (χ2v) is 7.44. The molecule has 0 aromatic heterocycles. The number of likely N-dealkylation sites (N-methyl/N-ethyl adjacent to an activating group) is 1. The van der Waals surface area contributed by atoms with Crippen LogP contribution in [0.4, 0.5) is 0 Å². The third kappa shape index (κ3) is 4.17. The Kier molecular flexibility index (Phi) is 4.92. The number of hydrogen-bond acceptors (Lipinski definition) is 6. The molecule has 1 amide bonds. The zero-order valence-corrected chi connectivity index (χ0v) is 12.6. The Morgan fingerprint density at radius 1 is 1.26 bits per heavy atom. The number of carboxylic acid groups (broad SMARTS) is 1. The van der Waals surface area contributed by atoms with E-state index in [2.05, 4.69) is 5.32 Å². The summed E-state index contributed by atoms with van der Waals surface area (Å²) < 4.78 is 4.84. The second-order valence-electron chi connectivity index (χ2n) is 4.65. The van der Waals surface area contributed by atoms with Crippen LogP contribution in [0.15, 0.2) is 9.81 Å². The minimum Gasteiger partial charge on any atom is -0.480 e. The Labute approximate surface area is 119 Å². The van der Waals surface area contributed by atoms with E-state index in [1.807, 2.05) is 0 Å². The molecule has 0 aliphatic carbocycles. The average Bonchev–Trinajstić information content (AvgIpc) is 2.17. The number of amides is 1. The van der Waals surface area contributed by atoms with Crippen molar-refractivity contribution in [3.05, 3.63) is 9.81 Å². The van der Waals surface area contributed by atoms with Gasteiger partial charge in [0.1, 0.15) is 11.2 Å². The third-order valence-electron chi connectivity index (χ3n) is 1.89. The number of carbonyl (C=O) groups excluding carboxylic acids is 2. The van der Waals surface area contributed by atoms with Crippen molar-refractivity contribution in [3.63, 3.8) is 0 Å². The van der Waals surface area contributed by atoms with Gasteiger partial charge in [-0.15, -0.1) is 0 Å². The highest BCUT2D eigenvalue weighted by molar-refractivity contribution is 8.39. The molecule has 0 saturated carbocycles. The molecule has 0 aromatic rings. The predicted molar refractivity (Wildman–Crippen MR) is 73.5 cm³/mol. The number of carbonyl (C=O) groups is 3. The highest BCUT2D eigenvalue weighted by Crippen LogP contribution is 2.52. The van der Waals surface area contributed by atoms with Gasteiger partial charge in [0.2, 0.25) is 0 Å². The maximum absolute atomic E-state index is 12.0. The molecule has 1 aliphatic rings. The zero-order valence-electron chi connectivity index (χ0n) is 11.0. The van der Waals surface area contributed by atoms with Gasteiger partial charge >= 0.3 is 11.9 Å². The van der Waals surface area contributed by atoms with Crippen LogP contribution in [0.25, 0.3) is 0 Å². The Balaban J connectivity index is 2.92. The van der Waals surface area contributed by atoms with Crippen molar-refractivity contribution >= 4 is 41.4 Å². The third-order valence-corrected chi connectivity index (χ3v) is 4.71. The Morgan fingerprint density at radius 3 is 2.16 bits per heavy atom. The molecule has 0 radical (unpaired) electrons. The lowest BCUT2D eigenvalue weighted by Gasteiger charge is -2.27. The molecule has 1 saturated heterocycles. The van der Waals surface area contributed by atoms with Gasteiger partial charge in [-0.2, -0.15) is 0 Å². The predicted octanol–water partition coefficient (Wildman–Crippen LogP) is 1.18. The fraction of sp³-hybridized carbons (Fsp3) is 0.545. The van der Waals surface area contributed by atoms with Gasteiger partial charge in [-0.3, -0.25) is 9.59 Å². The van der Waals surface area contributed by atoms with E-state index < -0.39 is 28.0 Å². The fourth-order valence-electron chi connectivity index (χ4n) is 1.14. The maximum Gasteiger partial charge on any atom is 0.345 e. The van der Waals surface area contributed by atoms with Gasteiger partial charge in [0.05, 0.1) is 4.24 Å². The Hall–Kier alpha value is -1.15. The molecule has 1 aliphatic heterocycles.